The van der Waals surface area contributed by atoms with Gasteiger partial charge in [0.2, 0.25) is 0 Å². The molecule has 4 nitrogen and oxygen atoms in total. The molecular weight excluding hydrogens is 276 g/mol. The molecule has 3 unspecified atom stereocenters. The molecule has 3 fully saturated rings. The van der Waals surface area contributed by atoms with Crippen LogP contribution >= 0.6 is 0 Å². The van der Waals surface area contributed by atoms with Gasteiger partial charge in [-0.1, -0.05) is 19.3 Å². The molecule has 22 heavy (non-hydrogen) atoms. The molecule has 0 N–H and O–H groups in total. The molecule has 0 spiro atoms. The summed E-state index contributed by atoms with van der Waals surface area (Å²) in [7, 11) is 2.19. The summed E-state index contributed by atoms with van der Waals surface area (Å²) in [5.74, 6) is 1.42. The Labute approximate surface area is 135 Å². The Kier molecular flexibility index (Phi) is 5.20. The smallest absolute Gasteiger partial charge is 0.314 e. The highest BCUT2D eigenvalue weighted by Gasteiger charge is 2.49. The van der Waals surface area contributed by atoms with Crippen LogP contribution in [0, 0.1) is 18.8 Å². The van der Waals surface area contributed by atoms with E-state index < -0.39 is 0 Å². The number of morpholine rings is 1. The molecule has 2 saturated heterocycles. The predicted octanol–water partition coefficient (Wildman–Crippen LogP) is 2.09. The number of carbonyl (C=O) groups excluding carboxylic acids is 1. The van der Waals surface area contributed by atoms with Crippen molar-refractivity contribution in [3.8, 4) is 0 Å². The van der Waals surface area contributed by atoms with E-state index in [0.29, 0.717) is 29.0 Å². The minimum absolute atomic E-state index is 0.133. The average Bonchev–Trinajstić information content (AvgIpc) is 2.93. The predicted molar refractivity (Wildman–Crippen MR) is 87.1 cm³/mol. The van der Waals surface area contributed by atoms with Gasteiger partial charge >= 0.3 is 5.91 Å². The van der Waals surface area contributed by atoms with Crippen molar-refractivity contribution in [1.82, 2.24) is 4.90 Å². The highest BCUT2D eigenvalue weighted by Crippen LogP contribution is 2.36. The lowest BCUT2D eigenvalue weighted by Gasteiger charge is -2.49. The number of nitrogens with zero attached hydrogens (tertiary/aromatic N) is 2. The largest absolute Gasteiger partial charge is 0.369 e. The quantitative estimate of drug-likeness (QED) is 0.748. The number of amides is 1. The van der Waals surface area contributed by atoms with Gasteiger partial charge in [0.1, 0.15) is 12.6 Å². The van der Waals surface area contributed by atoms with Gasteiger partial charge in [0.05, 0.1) is 26.7 Å². The van der Waals surface area contributed by atoms with Crippen LogP contribution in [-0.4, -0.2) is 67.8 Å². The molecule has 1 amide bonds. The third-order valence-corrected chi connectivity index (χ3v) is 6.32. The number of rotatable bonds is 3. The van der Waals surface area contributed by atoms with Gasteiger partial charge in [0, 0.05) is 18.4 Å². The Bertz CT molecular complexity index is 395. The molecule has 3 rings (SSSR count). The van der Waals surface area contributed by atoms with Crippen LogP contribution < -0.4 is 0 Å². The van der Waals surface area contributed by atoms with Gasteiger partial charge < -0.3 is 9.64 Å². The highest BCUT2D eigenvalue weighted by molar-refractivity contribution is 5.73. The molecule has 3 aliphatic rings. The summed E-state index contributed by atoms with van der Waals surface area (Å²) < 4.78 is 6.42. The van der Waals surface area contributed by atoms with E-state index in [9.17, 15) is 4.79 Å². The number of hydrogen-bond donors (Lipinski definition) is 0. The lowest BCUT2D eigenvalue weighted by Crippen LogP contribution is -2.68. The molecule has 4 heteroatoms. The second-order valence-electron chi connectivity index (χ2n) is 7.79. The number of quaternary nitrogens is 1. The fraction of sp³-hybridized carbons (Fsp3) is 0.889. The van der Waals surface area contributed by atoms with Crippen molar-refractivity contribution in [2.75, 3.05) is 46.4 Å². The fourth-order valence-corrected chi connectivity index (χ4v) is 5.07. The van der Waals surface area contributed by atoms with Crippen LogP contribution in [0.25, 0.3) is 0 Å². The molecule has 0 bridgehead atoms. The van der Waals surface area contributed by atoms with Crippen molar-refractivity contribution in [3.63, 3.8) is 0 Å². The number of carbonyl (C=O) groups is 1. The maximum Gasteiger partial charge on any atom is 0.314 e. The van der Waals surface area contributed by atoms with Crippen molar-refractivity contribution in [1.29, 1.82) is 0 Å². The third-order valence-electron chi connectivity index (χ3n) is 6.32. The van der Waals surface area contributed by atoms with Crippen LogP contribution in [-0.2, 0) is 9.53 Å². The van der Waals surface area contributed by atoms with Gasteiger partial charge in [0.25, 0.3) is 0 Å². The zero-order valence-electron chi connectivity index (χ0n) is 14.1. The van der Waals surface area contributed by atoms with E-state index in [1.807, 2.05) is 0 Å². The molecule has 125 valence electrons. The number of ether oxygens (including phenoxy) is 1. The lowest BCUT2D eigenvalue weighted by atomic mass is 9.81. The Balaban J connectivity index is 1.79. The Hall–Kier alpha value is -0.450. The van der Waals surface area contributed by atoms with Crippen molar-refractivity contribution in [2.24, 2.45) is 11.8 Å². The summed E-state index contributed by atoms with van der Waals surface area (Å²) in [5, 5.41) is 0. The van der Waals surface area contributed by atoms with Crippen molar-refractivity contribution >= 4 is 5.91 Å². The second-order valence-corrected chi connectivity index (χ2v) is 7.79. The SMILES string of the molecule is [CH2]C(=O)[N+]1(CC2CCN(C)C2)CCOCC1C1CCCCC1. The van der Waals surface area contributed by atoms with Crippen LogP contribution in [0.5, 0.6) is 0 Å². The number of hydrogen-bond acceptors (Lipinski definition) is 3. The van der Waals surface area contributed by atoms with Gasteiger partial charge in [-0.15, -0.1) is 0 Å². The van der Waals surface area contributed by atoms with E-state index in [1.54, 1.807) is 0 Å². The molecule has 2 heterocycles. The van der Waals surface area contributed by atoms with Crippen LogP contribution in [0.2, 0.25) is 0 Å². The van der Waals surface area contributed by atoms with Gasteiger partial charge in [-0.05, 0) is 32.9 Å². The molecule has 2 aliphatic heterocycles. The summed E-state index contributed by atoms with van der Waals surface area (Å²) in [4.78, 5) is 15.0. The third kappa shape index (κ3) is 3.24. The Morgan fingerprint density at radius 1 is 1.27 bits per heavy atom. The van der Waals surface area contributed by atoms with E-state index in [0.717, 1.165) is 26.2 Å². The Morgan fingerprint density at radius 3 is 2.68 bits per heavy atom. The molecule has 1 radical (unpaired) electrons. The van der Waals surface area contributed by atoms with Gasteiger partial charge in [-0.25, -0.2) is 4.79 Å². The lowest BCUT2D eigenvalue weighted by molar-refractivity contribution is -0.894. The fourth-order valence-electron chi connectivity index (χ4n) is 5.07. The van der Waals surface area contributed by atoms with Crippen molar-refractivity contribution in [2.45, 2.75) is 44.6 Å². The Morgan fingerprint density at radius 2 is 2.05 bits per heavy atom. The summed E-state index contributed by atoms with van der Waals surface area (Å²) in [5.41, 5.74) is 0. The zero-order valence-corrected chi connectivity index (χ0v) is 14.1. The van der Waals surface area contributed by atoms with E-state index in [4.69, 9.17) is 4.74 Å². The first-order valence-corrected chi connectivity index (χ1v) is 9.11. The van der Waals surface area contributed by atoms with E-state index in [-0.39, 0.29) is 5.91 Å². The summed E-state index contributed by atoms with van der Waals surface area (Å²) in [6.45, 7) is 9.50. The zero-order chi connectivity index (χ0) is 15.6. The normalized spacial score (nSPS) is 38.3. The molecule has 0 aromatic rings. The average molecular weight is 308 g/mol. The number of likely N-dealkylation sites (tertiary alicyclic amines) is 1. The van der Waals surface area contributed by atoms with Crippen molar-refractivity contribution < 1.29 is 14.0 Å². The maximum absolute atomic E-state index is 12.6. The molecule has 1 saturated carbocycles. The van der Waals surface area contributed by atoms with E-state index >= 15 is 0 Å². The van der Waals surface area contributed by atoms with Crippen LogP contribution in [0.3, 0.4) is 0 Å². The topological polar surface area (TPSA) is 29.5 Å². The minimum atomic E-state index is 0.133. The first-order valence-electron chi connectivity index (χ1n) is 9.11. The standard InChI is InChI=1S/C18H32N2O2/c1-15(21)20(13-16-8-9-19(2)12-16)10-11-22-14-18(20)17-6-4-3-5-7-17/h16-18H,1,3-14H2,2H3/q+1. The first-order chi connectivity index (χ1) is 10.6. The van der Waals surface area contributed by atoms with E-state index in [2.05, 4.69) is 18.9 Å². The minimum Gasteiger partial charge on any atom is -0.369 e. The summed E-state index contributed by atoms with van der Waals surface area (Å²) >= 11 is 0. The van der Waals surface area contributed by atoms with Gasteiger partial charge in [0.15, 0.2) is 0 Å². The molecule has 0 aromatic carbocycles. The molecule has 1 aliphatic carbocycles. The monoisotopic (exact) mass is 308 g/mol. The molecule has 3 atom stereocenters. The van der Waals surface area contributed by atoms with E-state index in [1.165, 1.54) is 45.1 Å². The second kappa shape index (κ2) is 6.98. The van der Waals surface area contributed by atoms with Crippen molar-refractivity contribution in [3.05, 3.63) is 6.92 Å². The first kappa shape index (κ1) is 16.4. The summed E-state index contributed by atoms with van der Waals surface area (Å²) in [6.07, 6.45) is 7.76. The molecular formula is C18H32N2O2+. The van der Waals surface area contributed by atoms with Gasteiger partial charge in [-0.2, -0.15) is 0 Å². The van der Waals surface area contributed by atoms with Crippen LogP contribution in [0.15, 0.2) is 0 Å². The maximum atomic E-state index is 12.6. The summed E-state index contributed by atoms with van der Waals surface area (Å²) in [6, 6.07) is 0.352. The highest BCUT2D eigenvalue weighted by atomic mass is 16.5. The van der Waals surface area contributed by atoms with Crippen LogP contribution in [0.4, 0.5) is 0 Å². The van der Waals surface area contributed by atoms with Gasteiger partial charge in [-0.3, -0.25) is 4.48 Å². The molecule has 0 aromatic heterocycles. The van der Waals surface area contributed by atoms with Crippen LogP contribution in [0.1, 0.15) is 38.5 Å².